The number of benzene rings is 1. The number of hydrogen-bond donors (Lipinski definition) is 1. The summed E-state index contributed by atoms with van der Waals surface area (Å²) in [5, 5.41) is 0.505. The van der Waals surface area contributed by atoms with Gasteiger partial charge in [-0.1, -0.05) is 17.7 Å². The molecular weight excluding hydrogens is 301 g/mol. The van der Waals surface area contributed by atoms with E-state index in [-0.39, 0.29) is 0 Å². The van der Waals surface area contributed by atoms with E-state index in [1.54, 1.807) is 30.6 Å². The van der Waals surface area contributed by atoms with E-state index in [4.69, 9.17) is 17.3 Å². The van der Waals surface area contributed by atoms with Gasteiger partial charge < -0.3 is 5.73 Å². The molecule has 1 aromatic carbocycles. The highest BCUT2D eigenvalue weighted by atomic mass is 35.5. The van der Waals surface area contributed by atoms with Gasteiger partial charge in [0.2, 0.25) is 0 Å². The molecule has 0 saturated carbocycles. The molecule has 1 aliphatic rings. The Hall–Kier alpha value is -2.20. The standard InChI is InChI=1S/C17H15ClFN3/c1-10(19)14-8-11(18)2-3-12(14)17-13-4-6-21-9-15(13)16(20)5-7-22-17/h2-6,8-10H,7,20H2,1H3. The Bertz CT molecular complexity index is 781. The van der Waals surface area contributed by atoms with Crippen molar-refractivity contribution < 1.29 is 4.39 Å². The van der Waals surface area contributed by atoms with E-state index in [9.17, 15) is 4.39 Å². The smallest absolute Gasteiger partial charge is 0.123 e. The third-order valence-electron chi connectivity index (χ3n) is 3.65. The van der Waals surface area contributed by atoms with Crippen LogP contribution in [0.2, 0.25) is 5.02 Å². The first kappa shape index (κ1) is 14.7. The molecule has 0 amide bonds. The topological polar surface area (TPSA) is 51.3 Å². The molecule has 0 aliphatic carbocycles. The quantitative estimate of drug-likeness (QED) is 0.913. The zero-order valence-corrected chi connectivity index (χ0v) is 12.8. The molecule has 1 aliphatic heterocycles. The zero-order chi connectivity index (χ0) is 15.7. The highest BCUT2D eigenvalue weighted by Gasteiger charge is 2.20. The first-order chi connectivity index (χ1) is 10.6. The van der Waals surface area contributed by atoms with Gasteiger partial charge in [0, 0.05) is 39.8 Å². The predicted octanol–water partition coefficient (Wildman–Crippen LogP) is 3.92. The summed E-state index contributed by atoms with van der Waals surface area (Å²) in [6, 6.07) is 7.04. The highest BCUT2D eigenvalue weighted by molar-refractivity contribution is 6.31. The average Bonchev–Trinajstić information content (AvgIpc) is 2.67. The van der Waals surface area contributed by atoms with Crippen molar-refractivity contribution >= 4 is 23.0 Å². The van der Waals surface area contributed by atoms with Crippen LogP contribution in [0.3, 0.4) is 0 Å². The summed E-state index contributed by atoms with van der Waals surface area (Å²) in [5.74, 6) is 0. The van der Waals surface area contributed by atoms with Crippen LogP contribution in [0.15, 0.2) is 47.7 Å². The minimum atomic E-state index is -1.14. The molecule has 0 saturated heterocycles. The first-order valence-corrected chi connectivity index (χ1v) is 7.34. The molecule has 22 heavy (non-hydrogen) atoms. The fraction of sp³-hybridized carbons (Fsp3) is 0.176. The Morgan fingerprint density at radius 2 is 2.05 bits per heavy atom. The average molecular weight is 316 g/mol. The summed E-state index contributed by atoms with van der Waals surface area (Å²) in [7, 11) is 0. The molecule has 3 rings (SSSR count). The second kappa shape index (κ2) is 5.89. The lowest BCUT2D eigenvalue weighted by Gasteiger charge is -2.15. The van der Waals surface area contributed by atoms with Crippen molar-refractivity contribution in [1.29, 1.82) is 0 Å². The molecule has 0 radical (unpaired) electrons. The van der Waals surface area contributed by atoms with Crippen molar-refractivity contribution in [1.82, 2.24) is 4.98 Å². The van der Waals surface area contributed by atoms with Crippen molar-refractivity contribution in [3.8, 4) is 0 Å². The Kier molecular flexibility index (Phi) is 3.94. The number of hydrogen-bond acceptors (Lipinski definition) is 3. The van der Waals surface area contributed by atoms with Gasteiger partial charge in [0.15, 0.2) is 0 Å². The van der Waals surface area contributed by atoms with E-state index >= 15 is 0 Å². The van der Waals surface area contributed by atoms with E-state index in [2.05, 4.69) is 9.98 Å². The lowest BCUT2D eigenvalue weighted by atomic mass is 9.93. The molecule has 1 aromatic heterocycles. The molecule has 0 spiro atoms. The molecule has 0 fully saturated rings. The molecule has 1 atom stereocenters. The zero-order valence-electron chi connectivity index (χ0n) is 12.1. The molecule has 1 unspecified atom stereocenters. The monoisotopic (exact) mass is 315 g/mol. The third kappa shape index (κ3) is 2.62. The van der Waals surface area contributed by atoms with Gasteiger partial charge >= 0.3 is 0 Å². The van der Waals surface area contributed by atoms with Crippen LogP contribution >= 0.6 is 11.6 Å². The molecule has 2 N–H and O–H groups in total. The Morgan fingerprint density at radius 1 is 1.23 bits per heavy atom. The van der Waals surface area contributed by atoms with Crippen molar-refractivity contribution in [2.75, 3.05) is 6.54 Å². The fourth-order valence-electron chi connectivity index (χ4n) is 2.57. The van der Waals surface area contributed by atoms with Crippen LogP contribution < -0.4 is 5.73 Å². The first-order valence-electron chi connectivity index (χ1n) is 6.96. The van der Waals surface area contributed by atoms with Gasteiger partial charge in [-0.2, -0.15) is 0 Å². The summed E-state index contributed by atoms with van der Waals surface area (Å²) in [6.45, 7) is 1.94. The minimum Gasteiger partial charge on any atom is -0.398 e. The highest BCUT2D eigenvalue weighted by Crippen LogP contribution is 2.29. The van der Waals surface area contributed by atoms with Gasteiger partial charge in [-0.3, -0.25) is 9.98 Å². The number of pyridine rings is 1. The number of aliphatic imine (C=N–C) groups is 1. The lowest BCUT2D eigenvalue weighted by Crippen LogP contribution is -2.11. The summed E-state index contributed by atoms with van der Waals surface area (Å²) in [4.78, 5) is 8.70. The molecule has 2 heterocycles. The van der Waals surface area contributed by atoms with Crippen LogP contribution in [0, 0.1) is 0 Å². The van der Waals surface area contributed by atoms with Gasteiger partial charge in [0.05, 0.1) is 12.3 Å². The molecule has 0 bridgehead atoms. The summed E-state index contributed by atoms with van der Waals surface area (Å²) < 4.78 is 14.0. The summed E-state index contributed by atoms with van der Waals surface area (Å²) in [6.07, 6.45) is 4.08. The second-order valence-electron chi connectivity index (χ2n) is 5.12. The van der Waals surface area contributed by atoms with E-state index in [0.717, 1.165) is 16.7 Å². The fourth-order valence-corrected chi connectivity index (χ4v) is 2.75. The van der Waals surface area contributed by atoms with Crippen LogP contribution in [0.25, 0.3) is 5.70 Å². The van der Waals surface area contributed by atoms with Crippen molar-refractivity contribution in [3.05, 3.63) is 70.0 Å². The molecule has 3 nitrogen and oxygen atoms in total. The van der Waals surface area contributed by atoms with Gasteiger partial charge in [-0.05, 0) is 36.8 Å². The minimum absolute atomic E-state index is 0.443. The van der Waals surface area contributed by atoms with Crippen molar-refractivity contribution in [2.24, 2.45) is 10.7 Å². The predicted molar refractivity (Wildman–Crippen MR) is 87.9 cm³/mol. The number of alkyl halides is 1. The maximum absolute atomic E-state index is 14.0. The largest absolute Gasteiger partial charge is 0.398 e. The van der Waals surface area contributed by atoms with E-state index in [1.165, 1.54) is 6.92 Å². The molecule has 5 heteroatoms. The number of nitrogens with two attached hydrogens (primary N) is 1. The number of fused-ring (bicyclic) bond motifs is 1. The SMILES string of the molecule is CC(F)c1cc(Cl)ccc1C1=NCC=C(N)c2cnccc21. The summed E-state index contributed by atoms with van der Waals surface area (Å²) >= 11 is 6.01. The summed E-state index contributed by atoms with van der Waals surface area (Å²) in [5.41, 5.74) is 10.3. The second-order valence-corrected chi connectivity index (χ2v) is 5.55. The Balaban J connectivity index is 2.22. The van der Waals surface area contributed by atoms with Gasteiger partial charge in [-0.15, -0.1) is 0 Å². The number of halogens is 2. The third-order valence-corrected chi connectivity index (χ3v) is 3.88. The van der Waals surface area contributed by atoms with Crippen LogP contribution in [0.1, 0.15) is 35.3 Å². The maximum atomic E-state index is 14.0. The van der Waals surface area contributed by atoms with Crippen LogP contribution in [-0.4, -0.2) is 17.2 Å². The van der Waals surface area contributed by atoms with Gasteiger partial charge in [0.1, 0.15) is 6.17 Å². The van der Waals surface area contributed by atoms with Crippen molar-refractivity contribution in [2.45, 2.75) is 13.1 Å². The Morgan fingerprint density at radius 3 is 2.82 bits per heavy atom. The molecule has 2 aromatic rings. The van der Waals surface area contributed by atoms with E-state index in [1.807, 2.05) is 12.1 Å². The molecule has 112 valence electrons. The van der Waals surface area contributed by atoms with Crippen LogP contribution in [0.4, 0.5) is 4.39 Å². The van der Waals surface area contributed by atoms with Gasteiger partial charge in [0.25, 0.3) is 0 Å². The number of rotatable bonds is 2. The number of nitrogens with zero attached hydrogens (tertiary/aromatic N) is 2. The lowest BCUT2D eigenvalue weighted by molar-refractivity contribution is 0.374. The van der Waals surface area contributed by atoms with Crippen molar-refractivity contribution in [3.63, 3.8) is 0 Å². The normalized spacial score (nSPS) is 15.4. The number of aromatic nitrogens is 1. The van der Waals surface area contributed by atoms with Crippen LogP contribution in [0.5, 0.6) is 0 Å². The maximum Gasteiger partial charge on any atom is 0.123 e. The van der Waals surface area contributed by atoms with E-state index in [0.29, 0.717) is 28.5 Å². The van der Waals surface area contributed by atoms with Gasteiger partial charge in [-0.25, -0.2) is 4.39 Å². The van der Waals surface area contributed by atoms with Crippen LogP contribution in [-0.2, 0) is 0 Å². The van der Waals surface area contributed by atoms with E-state index < -0.39 is 6.17 Å². The Labute approximate surface area is 133 Å². The molecular formula is C17H15ClFN3.